The molecule has 2 unspecified atom stereocenters. The SMILES string of the molecule is CCNCC(C)C(=O)N(C)C(C)c1ccc(F)c(F)c1. The first-order valence-corrected chi connectivity index (χ1v) is 6.80. The van der Waals surface area contributed by atoms with E-state index in [1.165, 1.54) is 6.07 Å². The first-order valence-electron chi connectivity index (χ1n) is 6.80. The fraction of sp³-hybridized carbons (Fsp3) is 0.533. The molecule has 3 nitrogen and oxygen atoms in total. The molecule has 0 spiro atoms. The van der Waals surface area contributed by atoms with Gasteiger partial charge in [0.05, 0.1) is 6.04 Å². The van der Waals surface area contributed by atoms with Crippen LogP contribution < -0.4 is 5.32 Å². The van der Waals surface area contributed by atoms with E-state index < -0.39 is 11.6 Å². The number of halogens is 2. The number of nitrogens with one attached hydrogen (secondary N) is 1. The number of amides is 1. The summed E-state index contributed by atoms with van der Waals surface area (Å²) in [4.78, 5) is 13.8. The average Bonchev–Trinajstić information content (AvgIpc) is 2.45. The van der Waals surface area contributed by atoms with Crippen molar-refractivity contribution in [2.45, 2.75) is 26.8 Å². The van der Waals surface area contributed by atoms with Crippen LogP contribution in [0.2, 0.25) is 0 Å². The van der Waals surface area contributed by atoms with E-state index in [0.29, 0.717) is 12.1 Å². The van der Waals surface area contributed by atoms with E-state index in [9.17, 15) is 13.6 Å². The van der Waals surface area contributed by atoms with Crippen LogP contribution in [-0.4, -0.2) is 30.9 Å². The lowest BCUT2D eigenvalue weighted by Gasteiger charge is -2.28. The van der Waals surface area contributed by atoms with E-state index in [-0.39, 0.29) is 17.9 Å². The van der Waals surface area contributed by atoms with Gasteiger partial charge in [0, 0.05) is 19.5 Å². The third kappa shape index (κ3) is 4.00. The van der Waals surface area contributed by atoms with Crippen molar-refractivity contribution in [2.75, 3.05) is 20.1 Å². The van der Waals surface area contributed by atoms with Crippen LogP contribution >= 0.6 is 0 Å². The molecule has 0 saturated heterocycles. The van der Waals surface area contributed by atoms with Gasteiger partial charge in [-0.2, -0.15) is 0 Å². The number of hydrogen-bond acceptors (Lipinski definition) is 2. The summed E-state index contributed by atoms with van der Waals surface area (Å²) in [5.74, 6) is -1.96. The standard InChI is InChI=1S/C15H22F2N2O/c1-5-18-9-10(2)15(20)19(4)11(3)12-6-7-13(16)14(17)8-12/h6-8,10-11,18H,5,9H2,1-4H3. The molecule has 2 atom stereocenters. The highest BCUT2D eigenvalue weighted by molar-refractivity contribution is 5.78. The summed E-state index contributed by atoms with van der Waals surface area (Å²) >= 11 is 0. The van der Waals surface area contributed by atoms with Crippen molar-refractivity contribution in [2.24, 2.45) is 5.92 Å². The summed E-state index contributed by atoms with van der Waals surface area (Å²) in [7, 11) is 1.68. The van der Waals surface area contributed by atoms with Gasteiger partial charge in [0.1, 0.15) is 0 Å². The van der Waals surface area contributed by atoms with Gasteiger partial charge in [0.2, 0.25) is 5.91 Å². The molecule has 1 N–H and O–H groups in total. The Morgan fingerprint density at radius 3 is 2.50 bits per heavy atom. The monoisotopic (exact) mass is 284 g/mol. The molecular formula is C15H22F2N2O. The van der Waals surface area contributed by atoms with Crippen LogP contribution in [0.25, 0.3) is 0 Å². The van der Waals surface area contributed by atoms with Crippen molar-refractivity contribution in [1.82, 2.24) is 10.2 Å². The highest BCUT2D eigenvalue weighted by Crippen LogP contribution is 2.22. The van der Waals surface area contributed by atoms with Gasteiger partial charge >= 0.3 is 0 Å². The molecular weight excluding hydrogens is 262 g/mol. The topological polar surface area (TPSA) is 32.3 Å². The zero-order chi connectivity index (χ0) is 15.3. The number of nitrogens with zero attached hydrogens (tertiary/aromatic N) is 1. The smallest absolute Gasteiger partial charge is 0.226 e. The van der Waals surface area contributed by atoms with Crippen LogP contribution in [-0.2, 0) is 4.79 Å². The second kappa shape index (κ2) is 7.33. The summed E-state index contributed by atoms with van der Waals surface area (Å²) in [5, 5.41) is 3.12. The molecule has 0 fully saturated rings. The lowest BCUT2D eigenvalue weighted by Crippen LogP contribution is -2.38. The van der Waals surface area contributed by atoms with Gasteiger partial charge in [-0.1, -0.05) is 19.9 Å². The Balaban J connectivity index is 2.77. The van der Waals surface area contributed by atoms with Crippen LogP contribution in [0.3, 0.4) is 0 Å². The van der Waals surface area contributed by atoms with E-state index in [1.54, 1.807) is 18.9 Å². The molecule has 1 rings (SSSR count). The Hall–Kier alpha value is -1.49. The third-order valence-corrected chi connectivity index (χ3v) is 3.48. The van der Waals surface area contributed by atoms with Gasteiger partial charge < -0.3 is 10.2 Å². The second-order valence-electron chi connectivity index (χ2n) is 5.01. The zero-order valence-corrected chi connectivity index (χ0v) is 12.4. The molecule has 0 saturated carbocycles. The summed E-state index contributed by atoms with van der Waals surface area (Å²) < 4.78 is 26.2. The molecule has 112 valence electrons. The molecule has 0 aliphatic heterocycles. The molecule has 0 aliphatic rings. The maximum Gasteiger partial charge on any atom is 0.226 e. The summed E-state index contributed by atoms with van der Waals surface area (Å²) in [6.07, 6.45) is 0. The highest BCUT2D eigenvalue weighted by Gasteiger charge is 2.22. The van der Waals surface area contributed by atoms with Crippen LogP contribution in [0.15, 0.2) is 18.2 Å². The number of hydrogen-bond donors (Lipinski definition) is 1. The van der Waals surface area contributed by atoms with Gasteiger partial charge in [-0.25, -0.2) is 8.78 Å². The average molecular weight is 284 g/mol. The molecule has 0 heterocycles. The van der Waals surface area contributed by atoms with E-state index in [0.717, 1.165) is 18.7 Å². The van der Waals surface area contributed by atoms with E-state index in [1.807, 2.05) is 13.8 Å². The first kappa shape index (κ1) is 16.6. The van der Waals surface area contributed by atoms with Gasteiger partial charge in [0.25, 0.3) is 0 Å². The van der Waals surface area contributed by atoms with Crippen LogP contribution in [0.4, 0.5) is 8.78 Å². The third-order valence-electron chi connectivity index (χ3n) is 3.48. The van der Waals surface area contributed by atoms with Crippen molar-refractivity contribution in [3.05, 3.63) is 35.4 Å². The quantitative estimate of drug-likeness (QED) is 0.871. The largest absolute Gasteiger partial charge is 0.339 e. The lowest BCUT2D eigenvalue weighted by molar-refractivity contribution is -0.135. The zero-order valence-electron chi connectivity index (χ0n) is 12.4. The highest BCUT2D eigenvalue weighted by atomic mass is 19.2. The maximum absolute atomic E-state index is 13.2. The van der Waals surface area contributed by atoms with Crippen LogP contribution in [0.5, 0.6) is 0 Å². The fourth-order valence-electron chi connectivity index (χ4n) is 1.98. The van der Waals surface area contributed by atoms with Crippen LogP contribution in [0.1, 0.15) is 32.4 Å². The van der Waals surface area contributed by atoms with Crippen molar-refractivity contribution in [1.29, 1.82) is 0 Å². The Kier molecular flexibility index (Phi) is 6.07. The predicted octanol–water partition coefficient (Wildman–Crippen LogP) is 2.73. The Morgan fingerprint density at radius 1 is 1.30 bits per heavy atom. The van der Waals surface area contributed by atoms with E-state index in [2.05, 4.69) is 5.32 Å². The molecule has 0 aliphatic carbocycles. The van der Waals surface area contributed by atoms with Crippen molar-refractivity contribution < 1.29 is 13.6 Å². The van der Waals surface area contributed by atoms with Crippen molar-refractivity contribution >= 4 is 5.91 Å². The Labute approximate surface area is 119 Å². The van der Waals surface area contributed by atoms with Crippen molar-refractivity contribution in [3.8, 4) is 0 Å². The summed E-state index contributed by atoms with van der Waals surface area (Å²) in [5.41, 5.74) is 0.579. The number of carbonyl (C=O) groups is 1. The van der Waals surface area contributed by atoms with Gasteiger partial charge in [-0.15, -0.1) is 0 Å². The van der Waals surface area contributed by atoms with Gasteiger partial charge in [0.15, 0.2) is 11.6 Å². The van der Waals surface area contributed by atoms with Gasteiger partial charge in [-0.3, -0.25) is 4.79 Å². The summed E-state index contributed by atoms with van der Waals surface area (Å²) in [6.45, 7) is 7.03. The molecule has 0 radical (unpaired) electrons. The maximum atomic E-state index is 13.2. The van der Waals surface area contributed by atoms with Crippen LogP contribution in [0, 0.1) is 17.6 Å². The number of carbonyl (C=O) groups excluding carboxylic acids is 1. The first-order chi connectivity index (χ1) is 9.38. The minimum Gasteiger partial charge on any atom is -0.339 e. The normalized spacial score (nSPS) is 13.9. The molecule has 5 heteroatoms. The van der Waals surface area contributed by atoms with E-state index in [4.69, 9.17) is 0 Å². The predicted molar refractivity (Wildman–Crippen MR) is 75.3 cm³/mol. The second-order valence-corrected chi connectivity index (χ2v) is 5.01. The van der Waals surface area contributed by atoms with Crippen molar-refractivity contribution in [3.63, 3.8) is 0 Å². The molecule has 1 aromatic carbocycles. The Morgan fingerprint density at radius 2 is 1.95 bits per heavy atom. The summed E-state index contributed by atoms with van der Waals surface area (Å²) in [6, 6.07) is 3.42. The van der Waals surface area contributed by atoms with Gasteiger partial charge in [-0.05, 0) is 31.2 Å². The Bertz CT molecular complexity index is 465. The minimum absolute atomic E-state index is 0.0248. The number of benzene rings is 1. The molecule has 0 aromatic heterocycles. The molecule has 0 bridgehead atoms. The molecule has 1 amide bonds. The lowest BCUT2D eigenvalue weighted by atomic mass is 10.0. The van der Waals surface area contributed by atoms with E-state index >= 15 is 0 Å². The fourth-order valence-corrected chi connectivity index (χ4v) is 1.98. The number of rotatable bonds is 6. The molecule has 20 heavy (non-hydrogen) atoms. The minimum atomic E-state index is -0.893. The molecule has 1 aromatic rings.